The smallest absolute Gasteiger partial charge is 0.137 e. The van der Waals surface area contributed by atoms with Crippen LogP contribution in [-0.2, 0) is 4.74 Å². The van der Waals surface area contributed by atoms with E-state index in [0.29, 0.717) is 10.8 Å². The van der Waals surface area contributed by atoms with Crippen molar-refractivity contribution >= 4 is 11.6 Å². The Balaban J connectivity index is 2.20. The molecule has 1 saturated heterocycles. The molecule has 3 nitrogen and oxygen atoms in total. The van der Waals surface area contributed by atoms with E-state index >= 15 is 0 Å². The normalized spacial score (nSPS) is 25.1. The summed E-state index contributed by atoms with van der Waals surface area (Å²) in [4.78, 5) is 0. The molecule has 1 aromatic rings. The summed E-state index contributed by atoms with van der Waals surface area (Å²) < 4.78 is 10.8. The minimum atomic E-state index is -0.524. The van der Waals surface area contributed by atoms with Gasteiger partial charge in [0.05, 0.1) is 24.3 Å². The summed E-state index contributed by atoms with van der Waals surface area (Å²) in [5, 5.41) is 11.0. The van der Waals surface area contributed by atoms with Crippen LogP contribution >= 0.6 is 11.6 Å². The van der Waals surface area contributed by atoms with Gasteiger partial charge in [0.1, 0.15) is 5.75 Å². The average Bonchev–Trinajstić information content (AvgIpc) is 2.86. The molecule has 18 heavy (non-hydrogen) atoms. The molecule has 1 N–H and O–H groups in total. The lowest BCUT2D eigenvalue weighted by Crippen LogP contribution is -2.22. The van der Waals surface area contributed by atoms with Crippen LogP contribution in [0.4, 0.5) is 0 Å². The van der Waals surface area contributed by atoms with Crippen molar-refractivity contribution in [2.75, 3.05) is 13.7 Å². The molecular weight excluding hydrogens is 252 g/mol. The number of benzene rings is 1. The zero-order valence-corrected chi connectivity index (χ0v) is 11.5. The molecule has 3 unspecified atom stereocenters. The molecule has 2 rings (SSSR count). The van der Waals surface area contributed by atoms with E-state index in [1.54, 1.807) is 19.2 Å². The number of aliphatic hydroxyl groups is 1. The largest absolute Gasteiger partial charge is 0.495 e. The van der Waals surface area contributed by atoms with Gasteiger partial charge in [-0.15, -0.1) is 0 Å². The van der Waals surface area contributed by atoms with Crippen molar-refractivity contribution in [2.45, 2.75) is 32.0 Å². The Morgan fingerprint density at radius 3 is 3.00 bits per heavy atom. The van der Waals surface area contributed by atoms with E-state index in [1.165, 1.54) is 0 Å². The SMILES string of the molecule is CCC1OCCC1C(O)c1ccc(Cl)c(OC)c1. The van der Waals surface area contributed by atoms with Gasteiger partial charge in [-0.3, -0.25) is 0 Å². The van der Waals surface area contributed by atoms with Crippen LogP contribution in [0.2, 0.25) is 5.02 Å². The Hall–Kier alpha value is -0.770. The zero-order valence-electron chi connectivity index (χ0n) is 10.7. The third-order valence-corrected chi connectivity index (χ3v) is 3.90. The second kappa shape index (κ2) is 5.91. The molecule has 1 aliphatic heterocycles. The van der Waals surface area contributed by atoms with Crippen molar-refractivity contribution in [1.29, 1.82) is 0 Å². The van der Waals surface area contributed by atoms with Crippen molar-refractivity contribution in [3.63, 3.8) is 0 Å². The molecule has 4 heteroatoms. The van der Waals surface area contributed by atoms with E-state index in [-0.39, 0.29) is 12.0 Å². The molecule has 1 fully saturated rings. The van der Waals surface area contributed by atoms with Crippen molar-refractivity contribution < 1.29 is 14.6 Å². The van der Waals surface area contributed by atoms with Crippen molar-refractivity contribution in [1.82, 2.24) is 0 Å². The van der Waals surface area contributed by atoms with E-state index in [0.717, 1.165) is 25.0 Å². The molecule has 0 aliphatic carbocycles. The number of methoxy groups -OCH3 is 1. The summed E-state index contributed by atoms with van der Waals surface area (Å²) in [5.74, 6) is 0.751. The van der Waals surface area contributed by atoms with Crippen LogP contribution in [0.3, 0.4) is 0 Å². The second-order valence-corrected chi connectivity index (χ2v) is 5.02. The van der Waals surface area contributed by atoms with Crippen LogP contribution in [0, 0.1) is 5.92 Å². The lowest BCUT2D eigenvalue weighted by Gasteiger charge is -2.23. The average molecular weight is 271 g/mol. The Kier molecular flexibility index (Phi) is 4.49. The Bertz CT molecular complexity index is 408. The summed E-state index contributed by atoms with van der Waals surface area (Å²) in [6.07, 6.45) is 1.43. The number of hydrogen-bond donors (Lipinski definition) is 1. The highest BCUT2D eigenvalue weighted by Crippen LogP contribution is 2.37. The minimum absolute atomic E-state index is 0.140. The van der Waals surface area contributed by atoms with Gasteiger partial charge in [0, 0.05) is 12.5 Å². The first-order valence-electron chi connectivity index (χ1n) is 6.30. The lowest BCUT2D eigenvalue weighted by molar-refractivity contribution is 0.0306. The topological polar surface area (TPSA) is 38.7 Å². The Morgan fingerprint density at radius 1 is 1.56 bits per heavy atom. The van der Waals surface area contributed by atoms with Gasteiger partial charge < -0.3 is 14.6 Å². The van der Waals surface area contributed by atoms with Gasteiger partial charge in [-0.1, -0.05) is 24.6 Å². The maximum Gasteiger partial charge on any atom is 0.137 e. The molecule has 0 saturated carbocycles. The van der Waals surface area contributed by atoms with Crippen LogP contribution in [0.5, 0.6) is 5.75 Å². The summed E-state index contributed by atoms with van der Waals surface area (Å²) >= 11 is 5.99. The van der Waals surface area contributed by atoms with Crippen LogP contribution in [-0.4, -0.2) is 24.9 Å². The van der Waals surface area contributed by atoms with E-state index in [4.69, 9.17) is 21.1 Å². The minimum Gasteiger partial charge on any atom is -0.495 e. The van der Waals surface area contributed by atoms with E-state index in [9.17, 15) is 5.11 Å². The Morgan fingerprint density at radius 2 is 2.33 bits per heavy atom. The number of aliphatic hydroxyl groups excluding tert-OH is 1. The third kappa shape index (κ3) is 2.63. The van der Waals surface area contributed by atoms with Crippen LogP contribution in [0.25, 0.3) is 0 Å². The fourth-order valence-electron chi connectivity index (χ4n) is 2.55. The molecule has 1 aliphatic rings. The van der Waals surface area contributed by atoms with Gasteiger partial charge in [-0.25, -0.2) is 0 Å². The van der Waals surface area contributed by atoms with E-state index in [1.807, 2.05) is 6.07 Å². The molecule has 0 spiro atoms. The van der Waals surface area contributed by atoms with Gasteiger partial charge in [0.25, 0.3) is 0 Å². The van der Waals surface area contributed by atoms with E-state index < -0.39 is 6.10 Å². The maximum absolute atomic E-state index is 10.5. The molecule has 1 heterocycles. The third-order valence-electron chi connectivity index (χ3n) is 3.59. The van der Waals surface area contributed by atoms with Crippen LogP contribution in [0.1, 0.15) is 31.4 Å². The van der Waals surface area contributed by atoms with Gasteiger partial charge in [0.15, 0.2) is 0 Å². The number of hydrogen-bond acceptors (Lipinski definition) is 3. The summed E-state index contributed by atoms with van der Waals surface area (Å²) in [5.41, 5.74) is 0.838. The fourth-order valence-corrected chi connectivity index (χ4v) is 2.75. The lowest BCUT2D eigenvalue weighted by atomic mass is 9.89. The molecular formula is C14H19ClO3. The number of halogens is 1. The van der Waals surface area contributed by atoms with Gasteiger partial charge in [0.2, 0.25) is 0 Å². The number of ether oxygens (including phenoxy) is 2. The monoisotopic (exact) mass is 270 g/mol. The molecule has 0 aromatic heterocycles. The maximum atomic E-state index is 10.5. The zero-order chi connectivity index (χ0) is 13.1. The molecule has 0 amide bonds. The van der Waals surface area contributed by atoms with Gasteiger partial charge >= 0.3 is 0 Å². The van der Waals surface area contributed by atoms with E-state index in [2.05, 4.69) is 6.92 Å². The fraction of sp³-hybridized carbons (Fsp3) is 0.571. The highest BCUT2D eigenvalue weighted by Gasteiger charge is 2.33. The molecule has 0 bridgehead atoms. The highest BCUT2D eigenvalue weighted by atomic mass is 35.5. The van der Waals surface area contributed by atoms with Gasteiger partial charge in [-0.2, -0.15) is 0 Å². The first-order valence-corrected chi connectivity index (χ1v) is 6.68. The first-order chi connectivity index (χ1) is 8.67. The number of rotatable bonds is 4. The molecule has 0 radical (unpaired) electrons. The summed E-state index contributed by atoms with van der Waals surface area (Å²) in [6.45, 7) is 2.81. The van der Waals surface area contributed by atoms with Gasteiger partial charge in [-0.05, 0) is 30.5 Å². The standard InChI is InChI=1S/C14H19ClO3/c1-3-12-10(6-7-18-12)14(16)9-4-5-11(15)13(8-9)17-2/h4-5,8,10,12,14,16H,3,6-7H2,1-2H3. The molecule has 3 atom stereocenters. The predicted molar refractivity (Wildman–Crippen MR) is 71.1 cm³/mol. The van der Waals surface area contributed by atoms with Crippen LogP contribution in [0.15, 0.2) is 18.2 Å². The Labute approximate surface area is 113 Å². The summed E-state index contributed by atoms with van der Waals surface area (Å²) in [7, 11) is 1.57. The van der Waals surface area contributed by atoms with Crippen molar-refractivity contribution in [3.8, 4) is 5.75 Å². The van der Waals surface area contributed by atoms with Crippen molar-refractivity contribution in [2.24, 2.45) is 5.92 Å². The van der Waals surface area contributed by atoms with Crippen LogP contribution < -0.4 is 4.74 Å². The predicted octanol–water partition coefficient (Wildman–Crippen LogP) is 3.20. The molecule has 100 valence electrons. The summed E-state index contributed by atoms with van der Waals surface area (Å²) in [6, 6.07) is 5.41. The molecule has 1 aromatic carbocycles. The van der Waals surface area contributed by atoms with Crippen molar-refractivity contribution in [3.05, 3.63) is 28.8 Å². The first kappa shape index (κ1) is 13.7. The second-order valence-electron chi connectivity index (χ2n) is 4.61. The quantitative estimate of drug-likeness (QED) is 0.913. The highest BCUT2D eigenvalue weighted by molar-refractivity contribution is 6.32.